The summed E-state index contributed by atoms with van der Waals surface area (Å²) in [5.41, 5.74) is 0. The SMILES string of the molecule is CCCCCCCC[C@H](O)[C@@H](O)CO. The molecule has 3 N–H and O–H groups in total. The molecule has 0 saturated carbocycles. The van der Waals surface area contributed by atoms with Crippen LogP contribution in [0.15, 0.2) is 0 Å². The quantitative estimate of drug-likeness (QED) is 0.498. The average molecular weight is 204 g/mol. The lowest BCUT2D eigenvalue weighted by Gasteiger charge is -2.14. The van der Waals surface area contributed by atoms with E-state index in [1.807, 2.05) is 0 Å². The molecule has 0 fully saturated rings. The van der Waals surface area contributed by atoms with E-state index < -0.39 is 12.2 Å². The Balaban J connectivity index is 3.18. The van der Waals surface area contributed by atoms with Crippen LogP contribution in [0.4, 0.5) is 0 Å². The van der Waals surface area contributed by atoms with E-state index in [1.165, 1.54) is 25.7 Å². The van der Waals surface area contributed by atoms with E-state index in [9.17, 15) is 5.11 Å². The van der Waals surface area contributed by atoms with E-state index in [-0.39, 0.29) is 6.61 Å². The number of unbranched alkanes of at least 4 members (excludes halogenated alkanes) is 5. The molecule has 0 aromatic carbocycles. The van der Waals surface area contributed by atoms with E-state index in [0.29, 0.717) is 6.42 Å². The highest BCUT2D eigenvalue weighted by Crippen LogP contribution is 2.10. The van der Waals surface area contributed by atoms with Crippen molar-refractivity contribution < 1.29 is 15.3 Å². The largest absolute Gasteiger partial charge is 0.394 e. The number of hydrogen-bond donors (Lipinski definition) is 3. The number of rotatable bonds is 9. The summed E-state index contributed by atoms with van der Waals surface area (Å²) in [7, 11) is 0. The van der Waals surface area contributed by atoms with Crippen LogP contribution in [0.3, 0.4) is 0 Å². The molecule has 3 heteroatoms. The van der Waals surface area contributed by atoms with Gasteiger partial charge in [0, 0.05) is 0 Å². The van der Waals surface area contributed by atoms with Gasteiger partial charge in [-0.05, 0) is 6.42 Å². The Labute approximate surface area is 86.8 Å². The lowest BCUT2D eigenvalue weighted by molar-refractivity contribution is -0.0185. The van der Waals surface area contributed by atoms with Crippen LogP contribution in [-0.2, 0) is 0 Å². The first-order valence-corrected chi connectivity index (χ1v) is 5.69. The van der Waals surface area contributed by atoms with Gasteiger partial charge in [-0.2, -0.15) is 0 Å². The Kier molecular flexibility index (Phi) is 9.35. The van der Waals surface area contributed by atoms with Gasteiger partial charge in [0.15, 0.2) is 0 Å². The maximum absolute atomic E-state index is 9.31. The molecule has 0 aliphatic heterocycles. The molecule has 14 heavy (non-hydrogen) atoms. The molecule has 86 valence electrons. The lowest BCUT2D eigenvalue weighted by Crippen LogP contribution is -2.28. The van der Waals surface area contributed by atoms with Crippen LogP contribution >= 0.6 is 0 Å². The van der Waals surface area contributed by atoms with Crippen LogP contribution in [0.1, 0.15) is 51.9 Å². The molecule has 0 amide bonds. The van der Waals surface area contributed by atoms with Crippen molar-refractivity contribution in [1.82, 2.24) is 0 Å². The molecular formula is C11H24O3. The first-order valence-electron chi connectivity index (χ1n) is 5.69. The molecular weight excluding hydrogens is 180 g/mol. The number of aliphatic hydroxyl groups excluding tert-OH is 3. The van der Waals surface area contributed by atoms with Crippen LogP contribution < -0.4 is 0 Å². The van der Waals surface area contributed by atoms with Gasteiger partial charge >= 0.3 is 0 Å². The highest BCUT2D eigenvalue weighted by atomic mass is 16.4. The molecule has 0 bridgehead atoms. The van der Waals surface area contributed by atoms with Crippen molar-refractivity contribution in [3.8, 4) is 0 Å². The molecule has 0 rings (SSSR count). The highest BCUT2D eigenvalue weighted by Gasteiger charge is 2.13. The minimum Gasteiger partial charge on any atom is -0.394 e. The van der Waals surface area contributed by atoms with Gasteiger partial charge in [-0.15, -0.1) is 0 Å². The third-order valence-electron chi connectivity index (χ3n) is 2.48. The summed E-state index contributed by atoms with van der Waals surface area (Å²) in [6.45, 7) is 1.83. The molecule has 0 aromatic rings. The summed E-state index contributed by atoms with van der Waals surface area (Å²) >= 11 is 0. The molecule has 0 aliphatic rings. The Hall–Kier alpha value is -0.120. The minimum atomic E-state index is -0.967. The predicted octanol–water partition coefficient (Wildman–Crippen LogP) is 1.45. The molecule has 0 unspecified atom stereocenters. The molecule has 0 spiro atoms. The van der Waals surface area contributed by atoms with E-state index in [4.69, 9.17) is 10.2 Å². The van der Waals surface area contributed by atoms with Gasteiger partial charge in [-0.1, -0.05) is 45.4 Å². The van der Waals surface area contributed by atoms with Crippen molar-refractivity contribution in [3.63, 3.8) is 0 Å². The summed E-state index contributed by atoms with van der Waals surface area (Å²) < 4.78 is 0. The van der Waals surface area contributed by atoms with Gasteiger partial charge < -0.3 is 15.3 Å². The summed E-state index contributed by atoms with van der Waals surface area (Å²) in [5.74, 6) is 0. The number of aliphatic hydroxyl groups is 3. The fourth-order valence-electron chi connectivity index (χ4n) is 1.45. The second-order valence-corrected chi connectivity index (χ2v) is 3.87. The van der Waals surface area contributed by atoms with Gasteiger partial charge in [0.2, 0.25) is 0 Å². The zero-order valence-corrected chi connectivity index (χ0v) is 9.15. The first kappa shape index (κ1) is 13.9. The summed E-state index contributed by atoms with van der Waals surface area (Å²) in [5, 5.41) is 26.9. The third kappa shape index (κ3) is 7.30. The van der Waals surface area contributed by atoms with Crippen molar-refractivity contribution in [2.24, 2.45) is 0 Å². The van der Waals surface area contributed by atoms with Gasteiger partial charge in [0.05, 0.1) is 12.7 Å². The normalized spacial score (nSPS) is 15.4. The van der Waals surface area contributed by atoms with Gasteiger partial charge in [-0.25, -0.2) is 0 Å². The third-order valence-corrected chi connectivity index (χ3v) is 2.48. The van der Waals surface area contributed by atoms with E-state index in [1.54, 1.807) is 0 Å². The first-order chi connectivity index (χ1) is 6.72. The summed E-state index contributed by atoms with van der Waals surface area (Å²) in [6.07, 6.45) is 5.89. The Morgan fingerprint density at radius 3 is 2.00 bits per heavy atom. The van der Waals surface area contributed by atoms with Crippen LogP contribution in [0, 0.1) is 0 Å². The summed E-state index contributed by atoms with van der Waals surface area (Å²) in [4.78, 5) is 0. The molecule has 2 atom stereocenters. The second kappa shape index (κ2) is 9.44. The average Bonchev–Trinajstić information content (AvgIpc) is 2.21. The van der Waals surface area contributed by atoms with Gasteiger partial charge in [0.25, 0.3) is 0 Å². The smallest absolute Gasteiger partial charge is 0.103 e. The topological polar surface area (TPSA) is 60.7 Å². The monoisotopic (exact) mass is 204 g/mol. The lowest BCUT2D eigenvalue weighted by atomic mass is 10.0. The standard InChI is InChI=1S/C11H24O3/c1-2-3-4-5-6-7-8-10(13)11(14)9-12/h10-14H,2-9H2,1H3/t10-,11-/m0/s1. The molecule has 0 radical (unpaired) electrons. The van der Waals surface area contributed by atoms with Crippen molar-refractivity contribution in [1.29, 1.82) is 0 Å². The van der Waals surface area contributed by atoms with Crippen molar-refractivity contribution in [3.05, 3.63) is 0 Å². The van der Waals surface area contributed by atoms with Crippen LogP contribution in [0.5, 0.6) is 0 Å². The van der Waals surface area contributed by atoms with Crippen molar-refractivity contribution >= 4 is 0 Å². The zero-order chi connectivity index (χ0) is 10.8. The summed E-state index contributed by atoms with van der Waals surface area (Å²) in [6, 6.07) is 0. The highest BCUT2D eigenvalue weighted by molar-refractivity contribution is 4.65. The van der Waals surface area contributed by atoms with E-state index >= 15 is 0 Å². The fourth-order valence-corrected chi connectivity index (χ4v) is 1.45. The van der Waals surface area contributed by atoms with Crippen molar-refractivity contribution in [2.45, 2.75) is 64.1 Å². The molecule has 0 aromatic heterocycles. The fraction of sp³-hybridized carbons (Fsp3) is 1.00. The zero-order valence-electron chi connectivity index (χ0n) is 9.15. The minimum absolute atomic E-state index is 0.350. The molecule has 3 nitrogen and oxygen atoms in total. The predicted molar refractivity (Wildman–Crippen MR) is 57.1 cm³/mol. The Morgan fingerprint density at radius 2 is 1.43 bits per heavy atom. The number of hydrogen-bond acceptors (Lipinski definition) is 3. The van der Waals surface area contributed by atoms with E-state index in [0.717, 1.165) is 12.8 Å². The second-order valence-electron chi connectivity index (χ2n) is 3.87. The van der Waals surface area contributed by atoms with Gasteiger partial charge in [-0.3, -0.25) is 0 Å². The molecule has 0 heterocycles. The maximum Gasteiger partial charge on any atom is 0.103 e. The Morgan fingerprint density at radius 1 is 0.857 bits per heavy atom. The van der Waals surface area contributed by atoms with E-state index in [2.05, 4.69) is 6.92 Å². The van der Waals surface area contributed by atoms with Crippen LogP contribution in [0.2, 0.25) is 0 Å². The molecule has 0 aliphatic carbocycles. The van der Waals surface area contributed by atoms with Crippen molar-refractivity contribution in [2.75, 3.05) is 6.61 Å². The molecule has 0 saturated heterocycles. The maximum atomic E-state index is 9.31. The van der Waals surface area contributed by atoms with Crippen LogP contribution in [-0.4, -0.2) is 34.1 Å². The van der Waals surface area contributed by atoms with Crippen LogP contribution in [0.25, 0.3) is 0 Å². The van der Waals surface area contributed by atoms with Gasteiger partial charge in [0.1, 0.15) is 6.10 Å². The Bertz CT molecular complexity index is 117.